The lowest BCUT2D eigenvalue weighted by atomic mass is 10.2. The zero-order valence-corrected chi connectivity index (χ0v) is 18.3. The second kappa shape index (κ2) is 8.49. The summed E-state index contributed by atoms with van der Waals surface area (Å²) >= 11 is 0. The predicted octanol–water partition coefficient (Wildman–Crippen LogP) is 4.01. The van der Waals surface area contributed by atoms with Crippen LogP contribution in [0.4, 0.5) is 20.7 Å². The Morgan fingerprint density at radius 3 is 2.50 bits per heavy atom. The van der Waals surface area contributed by atoms with Crippen LogP contribution in [0.25, 0.3) is 10.9 Å². The van der Waals surface area contributed by atoms with E-state index >= 15 is 0 Å². The van der Waals surface area contributed by atoms with Crippen LogP contribution >= 0.6 is 0 Å². The van der Waals surface area contributed by atoms with E-state index in [1.807, 2.05) is 26.8 Å². The lowest BCUT2D eigenvalue weighted by Crippen LogP contribution is -2.50. The van der Waals surface area contributed by atoms with Crippen molar-refractivity contribution in [3.63, 3.8) is 0 Å². The maximum atomic E-state index is 13.9. The molecule has 0 atom stereocenters. The predicted molar refractivity (Wildman–Crippen MR) is 120 cm³/mol. The first-order chi connectivity index (χ1) is 15.2. The van der Waals surface area contributed by atoms with Crippen LogP contribution in [0.15, 0.2) is 42.6 Å². The molecule has 2 aromatic heterocycles. The van der Waals surface area contributed by atoms with Crippen molar-refractivity contribution in [2.75, 3.05) is 36.4 Å². The number of hydrogen-bond donors (Lipinski definition) is 2. The minimum atomic E-state index is -0.514. The third kappa shape index (κ3) is 4.82. The molecule has 0 bridgehead atoms. The molecule has 8 nitrogen and oxygen atoms in total. The highest BCUT2D eigenvalue weighted by molar-refractivity contribution is 6.05. The molecule has 3 aromatic rings. The smallest absolute Gasteiger partial charge is 0.410 e. The normalized spacial score (nSPS) is 14.5. The molecule has 1 saturated heterocycles. The van der Waals surface area contributed by atoms with Gasteiger partial charge in [-0.05, 0) is 51.1 Å². The lowest BCUT2D eigenvalue weighted by Gasteiger charge is -2.36. The number of anilines is 2. The third-order valence-corrected chi connectivity index (χ3v) is 5.14. The average Bonchev–Trinajstić information content (AvgIpc) is 3.19. The number of carbonyl (C=O) groups is 2. The highest BCUT2D eigenvalue weighted by atomic mass is 19.1. The minimum absolute atomic E-state index is 0.259. The van der Waals surface area contributed by atoms with Gasteiger partial charge in [0.15, 0.2) is 0 Å². The van der Waals surface area contributed by atoms with Crippen LogP contribution in [0.1, 0.15) is 31.3 Å². The Morgan fingerprint density at radius 2 is 1.88 bits per heavy atom. The zero-order valence-electron chi connectivity index (χ0n) is 18.3. The second-order valence-corrected chi connectivity index (χ2v) is 8.69. The Hall–Kier alpha value is -3.62. The van der Waals surface area contributed by atoms with Gasteiger partial charge < -0.3 is 24.8 Å². The van der Waals surface area contributed by atoms with Crippen LogP contribution in [0.3, 0.4) is 0 Å². The fourth-order valence-corrected chi connectivity index (χ4v) is 3.54. The molecule has 0 unspecified atom stereocenters. The molecule has 1 fully saturated rings. The molecule has 0 aliphatic carbocycles. The number of rotatable bonds is 3. The van der Waals surface area contributed by atoms with E-state index in [0.717, 1.165) is 5.69 Å². The van der Waals surface area contributed by atoms with E-state index in [9.17, 15) is 14.0 Å². The summed E-state index contributed by atoms with van der Waals surface area (Å²) < 4.78 is 19.3. The molecule has 9 heteroatoms. The fraction of sp³-hybridized carbons (Fsp3) is 0.348. The van der Waals surface area contributed by atoms with Crippen LogP contribution in [0.5, 0.6) is 0 Å². The lowest BCUT2D eigenvalue weighted by molar-refractivity contribution is 0.0240. The van der Waals surface area contributed by atoms with Gasteiger partial charge >= 0.3 is 6.09 Å². The first-order valence-electron chi connectivity index (χ1n) is 10.5. The summed E-state index contributed by atoms with van der Waals surface area (Å²) in [5.74, 6) is -0.385. The number of nitrogens with zero attached hydrogens (tertiary/aromatic N) is 3. The molecule has 0 radical (unpaired) electrons. The van der Waals surface area contributed by atoms with Crippen LogP contribution in [0.2, 0.25) is 0 Å². The maximum absolute atomic E-state index is 13.9. The highest BCUT2D eigenvalue weighted by Crippen LogP contribution is 2.21. The van der Waals surface area contributed by atoms with Gasteiger partial charge in [-0.2, -0.15) is 0 Å². The summed E-state index contributed by atoms with van der Waals surface area (Å²) in [6, 6.07) is 9.73. The van der Waals surface area contributed by atoms with Crippen LogP contribution in [-0.2, 0) is 4.74 Å². The molecule has 2 N–H and O–H groups in total. The van der Waals surface area contributed by atoms with E-state index in [1.54, 1.807) is 29.3 Å². The average molecular weight is 439 g/mol. The molecule has 0 saturated carbocycles. The monoisotopic (exact) mass is 439 g/mol. The number of amides is 2. The fourth-order valence-electron chi connectivity index (χ4n) is 3.54. The van der Waals surface area contributed by atoms with Crippen LogP contribution in [-0.4, -0.2) is 58.6 Å². The summed E-state index contributed by atoms with van der Waals surface area (Å²) in [5.41, 5.74) is 1.21. The van der Waals surface area contributed by atoms with E-state index in [2.05, 4.69) is 20.2 Å². The molecule has 1 aromatic carbocycles. The second-order valence-electron chi connectivity index (χ2n) is 8.69. The SMILES string of the molecule is CC(C)(C)OC(=O)N1CCN(c2ccc(NC(=O)c3cc4c(F)cccc4[nH]3)nc2)CC1. The summed E-state index contributed by atoms with van der Waals surface area (Å²) in [6.45, 7) is 7.99. The number of H-pyrrole nitrogens is 1. The number of carbonyl (C=O) groups excluding carboxylic acids is 2. The van der Waals surface area contributed by atoms with Crippen molar-refractivity contribution in [2.45, 2.75) is 26.4 Å². The number of nitrogens with one attached hydrogen (secondary N) is 2. The van der Waals surface area contributed by atoms with Gasteiger partial charge in [0.05, 0.1) is 11.9 Å². The van der Waals surface area contributed by atoms with Crippen molar-refractivity contribution in [2.24, 2.45) is 0 Å². The standard InChI is InChI=1S/C23H26FN5O3/c1-23(2,3)32-22(31)29-11-9-28(10-12-29)15-7-8-20(25-14-15)27-21(30)19-13-16-17(24)5-4-6-18(16)26-19/h4-8,13-14,26H,9-12H2,1-3H3,(H,25,27,30). The number of aromatic nitrogens is 2. The molecule has 32 heavy (non-hydrogen) atoms. The van der Waals surface area contributed by atoms with Gasteiger partial charge in [0, 0.05) is 37.1 Å². The van der Waals surface area contributed by atoms with Gasteiger partial charge in [-0.25, -0.2) is 14.2 Å². The van der Waals surface area contributed by atoms with Crippen molar-refractivity contribution in [1.29, 1.82) is 0 Å². The van der Waals surface area contributed by atoms with Crippen molar-refractivity contribution < 1.29 is 18.7 Å². The number of halogens is 1. The molecule has 4 rings (SSSR count). The number of ether oxygens (including phenoxy) is 1. The number of aromatic amines is 1. The van der Waals surface area contributed by atoms with Crippen molar-refractivity contribution >= 4 is 34.4 Å². The summed E-state index contributed by atoms with van der Waals surface area (Å²) in [6.07, 6.45) is 1.38. The van der Waals surface area contributed by atoms with Gasteiger partial charge in [-0.15, -0.1) is 0 Å². The third-order valence-electron chi connectivity index (χ3n) is 5.14. The van der Waals surface area contributed by atoms with Crippen molar-refractivity contribution in [3.8, 4) is 0 Å². The van der Waals surface area contributed by atoms with E-state index in [4.69, 9.17) is 4.74 Å². The Morgan fingerprint density at radius 1 is 1.12 bits per heavy atom. The van der Waals surface area contributed by atoms with Gasteiger partial charge in [0.25, 0.3) is 5.91 Å². The largest absolute Gasteiger partial charge is 0.444 e. The van der Waals surface area contributed by atoms with Gasteiger partial charge in [-0.1, -0.05) is 6.07 Å². The molecule has 0 spiro atoms. The topological polar surface area (TPSA) is 90.6 Å². The quantitative estimate of drug-likeness (QED) is 0.644. The molecular weight excluding hydrogens is 413 g/mol. The molecule has 168 valence electrons. The minimum Gasteiger partial charge on any atom is -0.444 e. The van der Waals surface area contributed by atoms with Crippen molar-refractivity contribution in [1.82, 2.24) is 14.9 Å². The Labute approximate surface area is 185 Å². The number of piperazine rings is 1. The summed E-state index contributed by atoms with van der Waals surface area (Å²) in [4.78, 5) is 35.8. The Bertz CT molecular complexity index is 1130. The Kier molecular flexibility index (Phi) is 5.73. The molecule has 1 aliphatic rings. The Balaban J connectivity index is 1.35. The number of pyridine rings is 1. The number of benzene rings is 1. The number of hydrogen-bond acceptors (Lipinski definition) is 5. The molecule has 3 heterocycles. The van der Waals surface area contributed by atoms with Crippen LogP contribution in [0, 0.1) is 5.82 Å². The highest BCUT2D eigenvalue weighted by Gasteiger charge is 2.26. The van der Waals surface area contributed by atoms with Crippen molar-refractivity contribution in [3.05, 3.63) is 54.1 Å². The van der Waals surface area contributed by atoms with Crippen LogP contribution < -0.4 is 10.2 Å². The van der Waals surface area contributed by atoms with Gasteiger partial charge in [-0.3, -0.25) is 4.79 Å². The zero-order chi connectivity index (χ0) is 22.9. The number of fused-ring (bicyclic) bond motifs is 1. The molecular formula is C23H26FN5O3. The van der Waals surface area contributed by atoms with E-state index < -0.39 is 11.5 Å². The maximum Gasteiger partial charge on any atom is 0.410 e. The summed E-state index contributed by atoms with van der Waals surface area (Å²) in [7, 11) is 0. The summed E-state index contributed by atoms with van der Waals surface area (Å²) in [5, 5.41) is 3.09. The first-order valence-corrected chi connectivity index (χ1v) is 10.5. The van der Waals surface area contributed by atoms with E-state index in [1.165, 1.54) is 12.1 Å². The van der Waals surface area contributed by atoms with E-state index in [0.29, 0.717) is 42.9 Å². The first kappa shape index (κ1) is 21.6. The van der Waals surface area contributed by atoms with E-state index in [-0.39, 0.29) is 17.6 Å². The van der Waals surface area contributed by atoms with Gasteiger partial charge in [0.1, 0.15) is 22.9 Å². The molecule has 2 amide bonds. The molecule has 1 aliphatic heterocycles. The van der Waals surface area contributed by atoms with Gasteiger partial charge in [0.2, 0.25) is 0 Å².